The second kappa shape index (κ2) is 6.87. The Morgan fingerprint density at radius 2 is 1.62 bits per heavy atom. The maximum atomic E-state index is 12.5. The van der Waals surface area contributed by atoms with Crippen LogP contribution in [-0.2, 0) is 17.6 Å². The Hall–Kier alpha value is -2.62. The Bertz CT molecular complexity index is 766. The van der Waals surface area contributed by atoms with E-state index < -0.39 is 0 Å². The molecule has 0 spiro atoms. The molecule has 0 saturated heterocycles. The lowest BCUT2D eigenvalue weighted by Gasteiger charge is -2.17. The van der Waals surface area contributed by atoms with Gasteiger partial charge >= 0.3 is 0 Å². The fourth-order valence-corrected chi connectivity index (χ4v) is 3.03. The summed E-state index contributed by atoms with van der Waals surface area (Å²) in [6.45, 7) is 1.52. The summed E-state index contributed by atoms with van der Waals surface area (Å²) in [5, 5.41) is 2.92. The molecule has 1 aliphatic rings. The second-order valence-electron chi connectivity index (χ2n) is 6.27. The topological polar surface area (TPSA) is 49.4 Å². The molecule has 0 atom stereocenters. The van der Waals surface area contributed by atoms with Crippen LogP contribution >= 0.6 is 0 Å². The molecule has 2 aromatic rings. The fourth-order valence-electron chi connectivity index (χ4n) is 3.03. The first kappa shape index (κ1) is 16.2. The van der Waals surface area contributed by atoms with Crippen molar-refractivity contribution in [3.05, 3.63) is 59.2 Å². The number of nitrogens with zero attached hydrogens (tertiary/aromatic N) is 1. The SMILES string of the molecule is CC(=O)N(C)c1ccc(NC(=O)c2ccc3c(c2)CCCC3)cc1. The third-order valence-electron chi connectivity index (χ3n) is 4.60. The van der Waals surface area contributed by atoms with Crippen LogP contribution in [0, 0.1) is 0 Å². The maximum absolute atomic E-state index is 12.5. The molecule has 0 bridgehead atoms. The van der Waals surface area contributed by atoms with E-state index in [1.165, 1.54) is 30.9 Å². The van der Waals surface area contributed by atoms with Crippen molar-refractivity contribution in [1.29, 1.82) is 0 Å². The molecule has 0 aromatic heterocycles. The highest BCUT2D eigenvalue weighted by atomic mass is 16.2. The Kier molecular flexibility index (Phi) is 4.65. The highest BCUT2D eigenvalue weighted by Crippen LogP contribution is 2.23. The largest absolute Gasteiger partial charge is 0.322 e. The third-order valence-corrected chi connectivity index (χ3v) is 4.60. The summed E-state index contributed by atoms with van der Waals surface area (Å²) < 4.78 is 0. The maximum Gasteiger partial charge on any atom is 0.255 e. The predicted octanol–water partition coefficient (Wildman–Crippen LogP) is 3.80. The predicted molar refractivity (Wildman–Crippen MR) is 96.6 cm³/mol. The molecule has 0 saturated carbocycles. The Morgan fingerprint density at radius 3 is 2.29 bits per heavy atom. The van der Waals surface area contributed by atoms with Crippen LogP contribution in [0.1, 0.15) is 41.3 Å². The van der Waals surface area contributed by atoms with Gasteiger partial charge in [-0.25, -0.2) is 0 Å². The van der Waals surface area contributed by atoms with Crippen molar-refractivity contribution >= 4 is 23.2 Å². The number of benzene rings is 2. The number of amides is 2. The summed E-state index contributed by atoms with van der Waals surface area (Å²) in [6, 6.07) is 13.3. The zero-order valence-electron chi connectivity index (χ0n) is 14.1. The molecule has 1 aliphatic carbocycles. The number of aryl methyl sites for hydroxylation is 2. The molecular formula is C20H22N2O2. The minimum absolute atomic E-state index is 0.0270. The third kappa shape index (κ3) is 3.48. The van der Waals surface area contributed by atoms with Crippen molar-refractivity contribution in [2.75, 3.05) is 17.3 Å². The zero-order valence-corrected chi connectivity index (χ0v) is 14.1. The molecule has 0 unspecified atom stereocenters. The molecule has 3 rings (SSSR count). The van der Waals surface area contributed by atoms with Gasteiger partial charge in [0.15, 0.2) is 0 Å². The standard InChI is InChI=1S/C20H22N2O2/c1-14(23)22(2)19-11-9-18(10-12-19)21-20(24)17-8-7-15-5-3-4-6-16(15)13-17/h7-13H,3-6H2,1-2H3,(H,21,24). The van der Waals surface area contributed by atoms with Crippen molar-refractivity contribution in [3.63, 3.8) is 0 Å². The van der Waals surface area contributed by atoms with E-state index in [4.69, 9.17) is 0 Å². The molecule has 24 heavy (non-hydrogen) atoms. The first-order chi connectivity index (χ1) is 11.5. The number of carbonyl (C=O) groups is 2. The monoisotopic (exact) mass is 322 g/mol. The van der Waals surface area contributed by atoms with Crippen LogP contribution in [-0.4, -0.2) is 18.9 Å². The molecule has 124 valence electrons. The highest BCUT2D eigenvalue weighted by Gasteiger charge is 2.13. The number of anilines is 2. The summed E-state index contributed by atoms with van der Waals surface area (Å²) in [6.07, 6.45) is 4.60. The lowest BCUT2D eigenvalue weighted by Crippen LogP contribution is -2.22. The quantitative estimate of drug-likeness (QED) is 0.934. The second-order valence-corrected chi connectivity index (χ2v) is 6.27. The molecule has 2 amide bonds. The van der Waals surface area contributed by atoms with E-state index in [1.807, 2.05) is 36.4 Å². The van der Waals surface area contributed by atoms with Gasteiger partial charge in [-0.3, -0.25) is 9.59 Å². The summed E-state index contributed by atoms with van der Waals surface area (Å²) in [4.78, 5) is 25.4. The fraction of sp³-hybridized carbons (Fsp3) is 0.300. The zero-order chi connectivity index (χ0) is 17.1. The van der Waals surface area contributed by atoms with Crippen LogP contribution in [0.25, 0.3) is 0 Å². The number of carbonyl (C=O) groups excluding carboxylic acids is 2. The van der Waals surface area contributed by atoms with Crippen molar-refractivity contribution in [2.45, 2.75) is 32.6 Å². The molecule has 1 N–H and O–H groups in total. The minimum atomic E-state index is -0.101. The van der Waals surface area contributed by atoms with Gasteiger partial charge in [-0.05, 0) is 73.2 Å². The van der Waals surface area contributed by atoms with Crippen LogP contribution in [0.4, 0.5) is 11.4 Å². The lowest BCUT2D eigenvalue weighted by atomic mass is 9.90. The molecule has 4 heteroatoms. The van der Waals surface area contributed by atoms with E-state index in [1.54, 1.807) is 11.9 Å². The number of fused-ring (bicyclic) bond motifs is 1. The van der Waals surface area contributed by atoms with E-state index in [9.17, 15) is 9.59 Å². The summed E-state index contributed by atoms with van der Waals surface area (Å²) in [5.74, 6) is -0.128. The van der Waals surface area contributed by atoms with Crippen LogP contribution in [0.15, 0.2) is 42.5 Å². The van der Waals surface area contributed by atoms with Crippen LogP contribution in [0.5, 0.6) is 0 Å². The van der Waals surface area contributed by atoms with Crippen molar-refractivity contribution in [1.82, 2.24) is 0 Å². The molecule has 4 nitrogen and oxygen atoms in total. The van der Waals surface area contributed by atoms with Gasteiger partial charge < -0.3 is 10.2 Å². The van der Waals surface area contributed by atoms with Gasteiger partial charge in [-0.15, -0.1) is 0 Å². The number of hydrogen-bond acceptors (Lipinski definition) is 2. The summed E-state index contributed by atoms with van der Waals surface area (Å²) >= 11 is 0. The van der Waals surface area contributed by atoms with Crippen LogP contribution in [0.2, 0.25) is 0 Å². The van der Waals surface area contributed by atoms with Crippen LogP contribution < -0.4 is 10.2 Å². The Morgan fingerprint density at radius 1 is 0.958 bits per heavy atom. The number of hydrogen-bond donors (Lipinski definition) is 1. The summed E-state index contributed by atoms with van der Waals surface area (Å²) in [7, 11) is 1.73. The van der Waals surface area contributed by atoms with E-state index >= 15 is 0 Å². The highest BCUT2D eigenvalue weighted by molar-refractivity contribution is 6.04. The van der Waals surface area contributed by atoms with Gasteiger partial charge in [0.05, 0.1) is 0 Å². The van der Waals surface area contributed by atoms with E-state index in [-0.39, 0.29) is 11.8 Å². The van der Waals surface area contributed by atoms with Gasteiger partial charge in [0.1, 0.15) is 0 Å². The molecule has 2 aromatic carbocycles. The molecule has 0 radical (unpaired) electrons. The number of rotatable bonds is 3. The van der Waals surface area contributed by atoms with Gasteiger partial charge in [-0.2, -0.15) is 0 Å². The van der Waals surface area contributed by atoms with E-state index in [0.717, 1.165) is 24.2 Å². The molecule has 0 fully saturated rings. The van der Waals surface area contributed by atoms with Gasteiger partial charge in [0.2, 0.25) is 5.91 Å². The molecule has 0 heterocycles. The van der Waals surface area contributed by atoms with Gasteiger partial charge in [0.25, 0.3) is 5.91 Å². The number of nitrogens with one attached hydrogen (secondary N) is 1. The normalized spacial score (nSPS) is 13.1. The smallest absolute Gasteiger partial charge is 0.255 e. The summed E-state index contributed by atoms with van der Waals surface area (Å²) in [5.41, 5.74) is 4.88. The first-order valence-electron chi connectivity index (χ1n) is 8.32. The molecular weight excluding hydrogens is 300 g/mol. The van der Waals surface area contributed by atoms with Crippen molar-refractivity contribution in [2.24, 2.45) is 0 Å². The lowest BCUT2D eigenvalue weighted by molar-refractivity contribution is -0.116. The first-order valence-corrected chi connectivity index (χ1v) is 8.32. The van der Waals surface area contributed by atoms with E-state index in [2.05, 4.69) is 11.4 Å². The Labute approximate surface area is 142 Å². The minimum Gasteiger partial charge on any atom is -0.322 e. The van der Waals surface area contributed by atoms with Gasteiger partial charge in [-0.1, -0.05) is 6.07 Å². The average molecular weight is 322 g/mol. The van der Waals surface area contributed by atoms with E-state index in [0.29, 0.717) is 5.56 Å². The van der Waals surface area contributed by atoms with Crippen molar-refractivity contribution in [3.8, 4) is 0 Å². The molecule has 0 aliphatic heterocycles. The van der Waals surface area contributed by atoms with Gasteiger partial charge in [0, 0.05) is 30.9 Å². The average Bonchev–Trinajstić information content (AvgIpc) is 2.61. The van der Waals surface area contributed by atoms with Crippen LogP contribution in [0.3, 0.4) is 0 Å². The van der Waals surface area contributed by atoms with Crippen molar-refractivity contribution < 1.29 is 9.59 Å². The Balaban J connectivity index is 1.71.